The van der Waals surface area contributed by atoms with Crippen molar-refractivity contribution < 1.29 is 32.5 Å². The molecule has 1 aliphatic heterocycles. The number of morpholine rings is 1. The number of nitrogens with zero attached hydrogens (tertiary/aromatic N) is 1. The van der Waals surface area contributed by atoms with E-state index in [0.29, 0.717) is 21.6 Å². The molecule has 0 spiro atoms. The van der Waals surface area contributed by atoms with E-state index < -0.39 is 28.3 Å². The second-order valence-electron chi connectivity index (χ2n) is 6.06. The predicted molar refractivity (Wildman–Crippen MR) is 98.4 cm³/mol. The third kappa shape index (κ3) is 3.80. The summed E-state index contributed by atoms with van der Waals surface area (Å²) in [6, 6.07) is 12.5. The van der Waals surface area contributed by atoms with Crippen molar-refractivity contribution in [1.82, 2.24) is 4.31 Å². The Morgan fingerprint density at radius 1 is 1.11 bits per heavy atom. The van der Waals surface area contributed by atoms with Gasteiger partial charge in [-0.15, -0.1) is 0 Å². The average molecular weight is 408 g/mol. The standard InChI is InChI=1S/C18H20N2O7S/c1-25-13-2-4-14(5-3-13)27-15-6-8-16(9-7-15)28(23,24)20-10-11-26-12-18(20,22)17(19)21/h2-9,22H,10-12H2,1H3,(H2,19,21). The van der Waals surface area contributed by atoms with E-state index in [1.807, 2.05) is 0 Å². The molecule has 1 heterocycles. The maximum Gasteiger partial charge on any atom is 0.268 e. The van der Waals surface area contributed by atoms with Gasteiger partial charge in [-0.2, -0.15) is 4.31 Å². The minimum absolute atomic E-state index is 0.0352. The average Bonchev–Trinajstić information content (AvgIpc) is 2.69. The molecule has 3 rings (SSSR count). The normalized spacial score (nSPS) is 20.5. The van der Waals surface area contributed by atoms with Crippen LogP contribution in [0.15, 0.2) is 53.4 Å². The minimum Gasteiger partial charge on any atom is -0.497 e. The first kappa shape index (κ1) is 20.1. The Kier molecular flexibility index (Phi) is 5.57. The minimum atomic E-state index is -4.18. The lowest BCUT2D eigenvalue weighted by Crippen LogP contribution is -2.65. The van der Waals surface area contributed by atoms with Crippen LogP contribution in [-0.2, 0) is 19.6 Å². The lowest BCUT2D eigenvalue weighted by atomic mass is 10.2. The van der Waals surface area contributed by atoms with Gasteiger partial charge in [-0.25, -0.2) is 8.42 Å². The highest BCUT2D eigenvalue weighted by Crippen LogP contribution is 2.29. The smallest absolute Gasteiger partial charge is 0.268 e. The SMILES string of the molecule is COc1ccc(Oc2ccc(S(=O)(=O)N3CCOCC3(O)C(N)=O)cc2)cc1. The van der Waals surface area contributed by atoms with Gasteiger partial charge in [0.15, 0.2) is 0 Å². The quantitative estimate of drug-likeness (QED) is 0.719. The summed E-state index contributed by atoms with van der Waals surface area (Å²) in [5.41, 5.74) is 2.76. The van der Waals surface area contributed by atoms with Gasteiger partial charge in [-0.3, -0.25) is 4.79 Å². The van der Waals surface area contributed by atoms with Gasteiger partial charge in [-0.05, 0) is 48.5 Å². The number of carbonyl (C=O) groups excluding carboxylic acids is 1. The highest BCUT2D eigenvalue weighted by atomic mass is 32.2. The Morgan fingerprint density at radius 2 is 1.64 bits per heavy atom. The highest BCUT2D eigenvalue weighted by molar-refractivity contribution is 7.89. The number of primary amides is 1. The van der Waals surface area contributed by atoms with Gasteiger partial charge >= 0.3 is 0 Å². The lowest BCUT2D eigenvalue weighted by Gasteiger charge is -2.39. The van der Waals surface area contributed by atoms with Gasteiger partial charge in [0.25, 0.3) is 5.91 Å². The number of hydrogen-bond acceptors (Lipinski definition) is 7. The van der Waals surface area contributed by atoms with Crippen LogP contribution in [0.2, 0.25) is 0 Å². The van der Waals surface area contributed by atoms with E-state index in [4.69, 9.17) is 19.9 Å². The maximum absolute atomic E-state index is 12.9. The summed E-state index contributed by atoms with van der Waals surface area (Å²) in [7, 11) is -2.62. The molecule has 150 valence electrons. The van der Waals surface area contributed by atoms with Crippen LogP contribution in [0.3, 0.4) is 0 Å². The van der Waals surface area contributed by atoms with Crippen LogP contribution in [0.5, 0.6) is 17.2 Å². The van der Waals surface area contributed by atoms with Crippen molar-refractivity contribution in [3.05, 3.63) is 48.5 Å². The molecule has 0 saturated carbocycles. The zero-order valence-electron chi connectivity index (χ0n) is 15.1. The zero-order valence-corrected chi connectivity index (χ0v) is 15.9. The summed E-state index contributed by atoms with van der Waals surface area (Å²) in [6.45, 7) is -0.695. The summed E-state index contributed by atoms with van der Waals surface area (Å²) in [6.07, 6.45) is 0. The van der Waals surface area contributed by atoms with E-state index in [1.54, 1.807) is 31.4 Å². The molecular weight excluding hydrogens is 388 g/mol. The third-order valence-corrected chi connectivity index (χ3v) is 6.19. The van der Waals surface area contributed by atoms with Crippen molar-refractivity contribution in [1.29, 1.82) is 0 Å². The maximum atomic E-state index is 12.9. The largest absolute Gasteiger partial charge is 0.497 e. The van der Waals surface area contributed by atoms with Crippen LogP contribution >= 0.6 is 0 Å². The summed E-state index contributed by atoms with van der Waals surface area (Å²) < 4.78 is 42.2. The molecule has 3 N–H and O–H groups in total. The number of aliphatic hydroxyl groups is 1. The number of nitrogens with two attached hydrogens (primary N) is 1. The van der Waals surface area contributed by atoms with Gasteiger partial charge in [0.2, 0.25) is 15.7 Å². The van der Waals surface area contributed by atoms with Crippen LogP contribution in [0.4, 0.5) is 0 Å². The first-order valence-corrected chi connectivity index (χ1v) is 9.76. The third-order valence-electron chi connectivity index (χ3n) is 4.26. The lowest BCUT2D eigenvalue weighted by molar-refractivity contribution is -0.175. The molecular formula is C18H20N2O7S. The number of sulfonamides is 1. The second-order valence-corrected chi connectivity index (χ2v) is 7.92. The van der Waals surface area contributed by atoms with E-state index in [9.17, 15) is 18.3 Å². The number of ether oxygens (including phenoxy) is 3. The molecule has 0 radical (unpaired) electrons. The zero-order chi connectivity index (χ0) is 20.4. The Hall–Kier alpha value is -2.66. The number of rotatable bonds is 6. The molecule has 1 amide bonds. The van der Waals surface area contributed by atoms with E-state index in [-0.39, 0.29) is 18.0 Å². The first-order valence-electron chi connectivity index (χ1n) is 8.32. The van der Waals surface area contributed by atoms with Gasteiger partial charge in [-0.1, -0.05) is 0 Å². The van der Waals surface area contributed by atoms with E-state index in [0.717, 1.165) is 0 Å². The van der Waals surface area contributed by atoms with Crippen LogP contribution in [0, 0.1) is 0 Å². The molecule has 1 aliphatic rings. The van der Waals surface area contributed by atoms with Crippen LogP contribution in [0.25, 0.3) is 0 Å². The fourth-order valence-electron chi connectivity index (χ4n) is 2.72. The van der Waals surface area contributed by atoms with Crippen LogP contribution in [0.1, 0.15) is 0 Å². The predicted octanol–water partition coefficient (Wildman–Crippen LogP) is 0.682. The van der Waals surface area contributed by atoms with E-state index in [2.05, 4.69) is 0 Å². The molecule has 0 aromatic heterocycles. The molecule has 0 aliphatic carbocycles. The number of hydrogen-bond donors (Lipinski definition) is 2. The Balaban J connectivity index is 1.82. The van der Waals surface area contributed by atoms with Crippen molar-refractivity contribution >= 4 is 15.9 Å². The molecule has 2 aromatic carbocycles. The second kappa shape index (κ2) is 7.76. The van der Waals surface area contributed by atoms with Crippen molar-refractivity contribution in [2.75, 3.05) is 26.9 Å². The Morgan fingerprint density at radius 3 is 2.18 bits per heavy atom. The van der Waals surface area contributed by atoms with Gasteiger partial charge in [0, 0.05) is 6.54 Å². The molecule has 28 heavy (non-hydrogen) atoms. The number of methoxy groups -OCH3 is 1. The fourth-order valence-corrected chi connectivity index (χ4v) is 4.31. The summed E-state index contributed by atoms with van der Waals surface area (Å²) in [5, 5.41) is 10.4. The summed E-state index contributed by atoms with van der Waals surface area (Å²) in [4.78, 5) is 11.5. The first-order chi connectivity index (χ1) is 13.3. The van der Waals surface area contributed by atoms with Crippen molar-refractivity contribution in [3.63, 3.8) is 0 Å². The van der Waals surface area contributed by atoms with Crippen molar-refractivity contribution in [2.45, 2.75) is 10.6 Å². The van der Waals surface area contributed by atoms with Gasteiger partial charge in [0.1, 0.15) is 17.2 Å². The highest BCUT2D eigenvalue weighted by Gasteiger charge is 2.50. The van der Waals surface area contributed by atoms with Crippen LogP contribution in [-0.4, -0.2) is 56.3 Å². The molecule has 0 bridgehead atoms. The van der Waals surface area contributed by atoms with Crippen LogP contribution < -0.4 is 15.2 Å². The Bertz CT molecular complexity index is 945. The molecule has 9 nitrogen and oxygen atoms in total. The van der Waals surface area contributed by atoms with Crippen molar-refractivity contribution in [3.8, 4) is 17.2 Å². The number of benzene rings is 2. The van der Waals surface area contributed by atoms with Gasteiger partial charge in [0.05, 0.1) is 25.2 Å². The monoisotopic (exact) mass is 408 g/mol. The van der Waals surface area contributed by atoms with Gasteiger partial charge < -0.3 is 25.1 Å². The van der Waals surface area contributed by atoms with E-state index in [1.165, 1.54) is 24.3 Å². The fraction of sp³-hybridized carbons (Fsp3) is 0.278. The molecule has 10 heteroatoms. The number of carbonyl (C=O) groups is 1. The molecule has 1 fully saturated rings. The number of amides is 1. The Labute approximate surface area is 162 Å². The van der Waals surface area contributed by atoms with Crippen molar-refractivity contribution in [2.24, 2.45) is 5.73 Å². The topological polar surface area (TPSA) is 128 Å². The summed E-state index contributed by atoms with van der Waals surface area (Å²) >= 11 is 0. The molecule has 1 saturated heterocycles. The van der Waals surface area contributed by atoms with E-state index >= 15 is 0 Å². The molecule has 1 atom stereocenters. The molecule has 2 aromatic rings. The molecule has 1 unspecified atom stereocenters. The summed E-state index contributed by atoms with van der Waals surface area (Å²) in [5.74, 6) is 0.445.